The number of nitrogens with zero attached hydrogens (tertiary/aromatic N) is 3. The molecular weight excluding hydrogens is 413 g/mol. The molecule has 8 nitrogen and oxygen atoms in total. The van der Waals surface area contributed by atoms with Gasteiger partial charge in [-0.15, -0.1) is 0 Å². The average Bonchev–Trinajstić information content (AvgIpc) is 2.78. The molecule has 0 radical (unpaired) electrons. The van der Waals surface area contributed by atoms with Gasteiger partial charge in [0.25, 0.3) is 0 Å². The summed E-state index contributed by atoms with van der Waals surface area (Å²) < 4.78 is 20.0. The maximum Gasteiger partial charge on any atom is 0.304 e. The minimum atomic E-state index is -0.924. The monoisotopic (exact) mass is 431 g/mol. The summed E-state index contributed by atoms with van der Waals surface area (Å²) >= 11 is 0. The van der Waals surface area contributed by atoms with E-state index in [0.29, 0.717) is 35.0 Å². The number of nitrogens with one attached hydrogen (secondary N) is 1. The lowest BCUT2D eigenvalue weighted by Gasteiger charge is -2.14. The van der Waals surface area contributed by atoms with Crippen molar-refractivity contribution in [2.45, 2.75) is 6.61 Å². The van der Waals surface area contributed by atoms with Crippen molar-refractivity contribution in [3.05, 3.63) is 100 Å². The van der Waals surface area contributed by atoms with Gasteiger partial charge in [-0.1, -0.05) is 30.3 Å². The van der Waals surface area contributed by atoms with Crippen LogP contribution in [0.15, 0.2) is 79.0 Å². The van der Waals surface area contributed by atoms with Crippen LogP contribution in [-0.4, -0.2) is 14.9 Å². The second-order valence-electron chi connectivity index (χ2n) is 6.83. The second kappa shape index (κ2) is 9.09. The molecule has 0 saturated heterocycles. The average molecular weight is 431 g/mol. The molecule has 1 aromatic heterocycles. The Balaban J connectivity index is 1.65. The van der Waals surface area contributed by atoms with Crippen molar-refractivity contribution in [3.8, 4) is 17.0 Å². The number of nitro benzene ring substituents is 1. The first kappa shape index (κ1) is 20.7. The maximum absolute atomic E-state index is 14.0. The number of hydrogen-bond acceptors (Lipinski definition) is 7. The molecule has 160 valence electrons. The number of halogens is 1. The van der Waals surface area contributed by atoms with Gasteiger partial charge in [0.1, 0.15) is 12.4 Å². The van der Waals surface area contributed by atoms with Crippen molar-refractivity contribution in [3.63, 3.8) is 0 Å². The summed E-state index contributed by atoms with van der Waals surface area (Å²) in [7, 11) is 0. The van der Waals surface area contributed by atoms with Crippen molar-refractivity contribution < 1.29 is 14.1 Å². The molecule has 4 rings (SSSR count). The number of rotatable bonds is 7. The minimum Gasteiger partial charge on any atom is -0.488 e. The zero-order valence-electron chi connectivity index (χ0n) is 16.7. The summed E-state index contributed by atoms with van der Waals surface area (Å²) in [4.78, 5) is 18.3. The molecule has 0 saturated carbocycles. The van der Waals surface area contributed by atoms with E-state index < -0.39 is 16.4 Å². The number of ether oxygens (including phenoxy) is 1. The van der Waals surface area contributed by atoms with Gasteiger partial charge in [-0.2, -0.15) is 4.39 Å². The Kier molecular flexibility index (Phi) is 5.89. The number of benzene rings is 3. The van der Waals surface area contributed by atoms with Gasteiger partial charge in [-0.05, 0) is 35.9 Å². The Hall–Kier alpha value is -4.53. The Morgan fingerprint density at radius 3 is 2.50 bits per heavy atom. The van der Waals surface area contributed by atoms with Gasteiger partial charge in [-0.3, -0.25) is 10.1 Å². The molecule has 0 aliphatic rings. The van der Waals surface area contributed by atoms with E-state index in [1.807, 2.05) is 30.3 Å². The maximum atomic E-state index is 14.0. The standard InChI is InChI=1S/C23H18FN5O3/c24-19-13-17(6-8-21(19)29(30)31)27-16-7-9-22(32-14-15-4-2-1-3-5-15)18(12-16)20-10-11-26-23(25)28-20/h1-13,27H,14H2,(H2,25,26,28). The molecule has 0 aliphatic carbocycles. The summed E-state index contributed by atoms with van der Waals surface area (Å²) in [6, 6.07) is 20.3. The zero-order valence-corrected chi connectivity index (χ0v) is 16.7. The van der Waals surface area contributed by atoms with Gasteiger partial charge in [0.15, 0.2) is 0 Å². The molecule has 4 aromatic rings. The van der Waals surface area contributed by atoms with Gasteiger partial charge >= 0.3 is 5.69 Å². The Morgan fingerprint density at radius 1 is 1.03 bits per heavy atom. The molecule has 0 unspecified atom stereocenters. The van der Waals surface area contributed by atoms with Crippen LogP contribution in [0.3, 0.4) is 0 Å². The first-order valence-corrected chi connectivity index (χ1v) is 9.60. The molecule has 3 aromatic carbocycles. The third-order valence-corrected chi connectivity index (χ3v) is 4.60. The highest BCUT2D eigenvalue weighted by atomic mass is 19.1. The fraction of sp³-hybridized carbons (Fsp3) is 0.0435. The topological polar surface area (TPSA) is 116 Å². The Labute approximate surface area is 182 Å². The molecular formula is C23H18FN5O3. The predicted octanol–water partition coefficient (Wildman–Crippen LogP) is 5.10. The smallest absolute Gasteiger partial charge is 0.304 e. The molecule has 0 aliphatic heterocycles. The highest BCUT2D eigenvalue weighted by molar-refractivity contribution is 5.74. The Bertz CT molecular complexity index is 1270. The molecule has 0 bridgehead atoms. The van der Waals surface area contributed by atoms with Crippen LogP contribution in [0.4, 0.5) is 27.4 Å². The van der Waals surface area contributed by atoms with Gasteiger partial charge < -0.3 is 15.8 Å². The largest absolute Gasteiger partial charge is 0.488 e. The zero-order chi connectivity index (χ0) is 22.5. The SMILES string of the molecule is Nc1nccc(-c2cc(Nc3ccc([N+](=O)[O-])c(F)c3)ccc2OCc2ccccc2)n1. The van der Waals surface area contributed by atoms with Crippen LogP contribution in [0.25, 0.3) is 11.3 Å². The normalized spacial score (nSPS) is 10.5. The van der Waals surface area contributed by atoms with E-state index in [1.54, 1.807) is 30.5 Å². The highest BCUT2D eigenvalue weighted by Crippen LogP contribution is 2.34. The molecule has 0 atom stereocenters. The number of nitro groups is 1. The van der Waals surface area contributed by atoms with Crippen LogP contribution in [0.1, 0.15) is 5.56 Å². The fourth-order valence-corrected chi connectivity index (χ4v) is 3.09. The summed E-state index contributed by atoms with van der Waals surface area (Å²) in [5.41, 5.74) is 8.35. The van der Waals surface area contributed by atoms with Gasteiger partial charge in [0.2, 0.25) is 11.8 Å². The van der Waals surface area contributed by atoms with Crippen molar-refractivity contribution in [1.29, 1.82) is 0 Å². The lowest BCUT2D eigenvalue weighted by atomic mass is 10.1. The summed E-state index contributed by atoms with van der Waals surface area (Å²) in [5, 5.41) is 13.9. The summed E-state index contributed by atoms with van der Waals surface area (Å²) in [5.74, 6) is -0.230. The Morgan fingerprint density at radius 2 is 1.78 bits per heavy atom. The van der Waals surface area contributed by atoms with Crippen molar-refractivity contribution in [2.75, 3.05) is 11.1 Å². The van der Waals surface area contributed by atoms with E-state index in [-0.39, 0.29) is 5.95 Å². The van der Waals surface area contributed by atoms with Crippen LogP contribution in [0, 0.1) is 15.9 Å². The van der Waals surface area contributed by atoms with Gasteiger partial charge in [0.05, 0.1) is 10.6 Å². The third-order valence-electron chi connectivity index (χ3n) is 4.60. The second-order valence-corrected chi connectivity index (χ2v) is 6.83. The molecule has 1 heterocycles. The van der Waals surface area contributed by atoms with E-state index in [2.05, 4.69) is 15.3 Å². The van der Waals surface area contributed by atoms with Crippen LogP contribution in [0.5, 0.6) is 5.75 Å². The van der Waals surface area contributed by atoms with Crippen molar-refractivity contribution in [2.24, 2.45) is 0 Å². The van der Waals surface area contributed by atoms with E-state index in [0.717, 1.165) is 17.7 Å². The predicted molar refractivity (Wildman–Crippen MR) is 119 cm³/mol. The van der Waals surface area contributed by atoms with E-state index in [4.69, 9.17) is 10.5 Å². The van der Waals surface area contributed by atoms with E-state index in [9.17, 15) is 14.5 Å². The minimum absolute atomic E-state index is 0.118. The molecule has 3 N–H and O–H groups in total. The molecule has 32 heavy (non-hydrogen) atoms. The quantitative estimate of drug-likeness (QED) is 0.309. The van der Waals surface area contributed by atoms with E-state index in [1.165, 1.54) is 6.07 Å². The van der Waals surface area contributed by atoms with Gasteiger partial charge in [0, 0.05) is 35.3 Å². The molecule has 0 spiro atoms. The first-order chi connectivity index (χ1) is 15.5. The number of nitrogen functional groups attached to an aromatic ring is 1. The summed E-state index contributed by atoms with van der Waals surface area (Å²) in [6.45, 7) is 0.356. The van der Waals surface area contributed by atoms with Crippen molar-refractivity contribution in [1.82, 2.24) is 9.97 Å². The highest BCUT2D eigenvalue weighted by Gasteiger charge is 2.15. The lowest BCUT2D eigenvalue weighted by Crippen LogP contribution is -2.01. The number of nitrogens with two attached hydrogens (primary N) is 1. The number of aromatic nitrogens is 2. The number of anilines is 3. The van der Waals surface area contributed by atoms with E-state index >= 15 is 0 Å². The summed E-state index contributed by atoms with van der Waals surface area (Å²) in [6.07, 6.45) is 1.55. The van der Waals surface area contributed by atoms with Gasteiger partial charge in [-0.25, -0.2) is 9.97 Å². The third kappa shape index (κ3) is 4.78. The van der Waals surface area contributed by atoms with Crippen molar-refractivity contribution >= 4 is 23.0 Å². The molecule has 0 amide bonds. The lowest BCUT2D eigenvalue weighted by molar-refractivity contribution is -0.387. The molecule has 0 fully saturated rings. The number of hydrogen-bond donors (Lipinski definition) is 2. The van der Waals surface area contributed by atoms with Crippen LogP contribution in [0.2, 0.25) is 0 Å². The van der Waals surface area contributed by atoms with Crippen LogP contribution < -0.4 is 15.8 Å². The van der Waals surface area contributed by atoms with Crippen LogP contribution in [-0.2, 0) is 6.61 Å². The molecule has 9 heteroatoms. The fourth-order valence-electron chi connectivity index (χ4n) is 3.09. The first-order valence-electron chi connectivity index (χ1n) is 9.60. The van der Waals surface area contributed by atoms with Crippen LogP contribution >= 0.6 is 0 Å².